The molecule has 1 N–H and O–H groups in total. The molecule has 7 nitrogen and oxygen atoms in total. The number of aliphatic hydroxyl groups excluding tert-OH is 1. The van der Waals surface area contributed by atoms with Crippen molar-refractivity contribution in [1.29, 1.82) is 0 Å². The lowest BCUT2D eigenvalue weighted by Gasteiger charge is -2.40. The maximum absolute atomic E-state index is 13.3. The van der Waals surface area contributed by atoms with Gasteiger partial charge >= 0.3 is 0 Å². The lowest BCUT2D eigenvalue weighted by atomic mass is 9.78. The molecule has 1 aromatic heterocycles. The van der Waals surface area contributed by atoms with Crippen molar-refractivity contribution in [2.24, 2.45) is 35.5 Å². The molecule has 5 fully saturated rings. The number of carbonyl (C=O) groups is 2. The van der Waals surface area contributed by atoms with Gasteiger partial charge in [0.1, 0.15) is 5.82 Å². The van der Waals surface area contributed by atoms with E-state index < -0.39 is 6.10 Å². The molecule has 192 valence electrons. The Morgan fingerprint density at radius 3 is 2.44 bits per heavy atom. The zero-order valence-electron chi connectivity index (χ0n) is 20.8. The molecule has 2 amide bonds. The van der Waals surface area contributed by atoms with Crippen molar-refractivity contribution in [3.63, 3.8) is 0 Å². The Morgan fingerprint density at radius 2 is 1.64 bits per heavy atom. The summed E-state index contributed by atoms with van der Waals surface area (Å²) < 4.78 is 6.00. The Morgan fingerprint density at radius 1 is 0.917 bits per heavy atom. The van der Waals surface area contributed by atoms with Crippen LogP contribution in [0.4, 0.5) is 5.82 Å². The number of amides is 2. The second-order valence-corrected chi connectivity index (χ2v) is 12.7. The molecule has 3 aliphatic carbocycles. The maximum Gasteiger partial charge on any atom is 0.233 e. The molecule has 5 aliphatic rings. The topological polar surface area (TPSA) is 77.0 Å². The zero-order chi connectivity index (χ0) is 24.4. The van der Waals surface area contributed by atoms with Crippen molar-refractivity contribution >= 4 is 39.3 Å². The summed E-state index contributed by atoms with van der Waals surface area (Å²) in [5.74, 6) is 1.97. The minimum atomic E-state index is -0.392. The van der Waals surface area contributed by atoms with Gasteiger partial charge in [0.25, 0.3) is 0 Å². The van der Waals surface area contributed by atoms with E-state index in [2.05, 4.69) is 34.1 Å². The Balaban J connectivity index is 0.988. The van der Waals surface area contributed by atoms with Gasteiger partial charge in [0.15, 0.2) is 0 Å². The highest BCUT2D eigenvalue weighted by molar-refractivity contribution is 7.13. The van der Waals surface area contributed by atoms with Gasteiger partial charge in [0.2, 0.25) is 11.8 Å². The first-order chi connectivity index (χ1) is 17.6. The molecular weight excluding hydrogens is 472 g/mol. The van der Waals surface area contributed by atoms with E-state index in [1.165, 1.54) is 29.3 Å². The van der Waals surface area contributed by atoms with Crippen LogP contribution in [-0.2, 0) is 9.59 Å². The number of hydrogen-bond donors (Lipinski definition) is 1. The molecule has 36 heavy (non-hydrogen) atoms. The number of rotatable bonds is 5. The lowest BCUT2D eigenvalue weighted by Crippen LogP contribution is -2.49. The summed E-state index contributed by atoms with van der Waals surface area (Å²) >= 11 is 1.58. The number of benzene rings is 1. The number of aromatic nitrogens is 1. The fourth-order valence-electron chi connectivity index (χ4n) is 8.24. The van der Waals surface area contributed by atoms with Crippen LogP contribution in [0.2, 0.25) is 0 Å². The van der Waals surface area contributed by atoms with Crippen LogP contribution < -0.4 is 4.90 Å². The van der Waals surface area contributed by atoms with Gasteiger partial charge in [-0.3, -0.25) is 19.4 Å². The highest BCUT2D eigenvalue weighted by Gasteiger charge is 2.63. The number of nitrogens with zero attached hydrogens (tertiary/aromatic N) is 4. The summed E-state index contributed by atoms with van der Waals surface area (Å²) in [6, 6.07) is 8.49. The number of carbonyl (C=O) groups excluding carboxylic acids is 2. The van der Waals surface area contributed by atoms with E-state index in [1.807, 2.05) is 0 Å². The molecule has 3 saturated carbocycles. The van der Waals surface area contributed by atoms with Gasteiger partial charge in [-0.25, -0.2) is 0 Å². The number of aliphatic hydroxyl groups is 1. The third-order valence-electron chi connectivity index (χ3n) is 10.1. The predicted molar refractivity (Wildman–Crippen MR) is 140 cm³/mol. The van der Waals surface area contributed by atoms with E-state index in [0.717, 1.165) is 51.4 Å². The summed E-state index contributed by atoms with van der Waals surface area (Å²) in [5.41, 5.74) is 0. The SMILES string of the molecule is O=C1[C@@H]2[C@H]3CC(O)[C@H](C3)[C@@H]2C(=O)N1C[C@@H]1CCCCC1CN1CCN(c2nsc3ccccc23)CC1. The van der Waals surface area contributed by atoms with Crippen LogP contribution in [0.1, 0.15) is 38.5 Å². The largest absolute Gasteiger partial charge is 0.393 e. The molecule has 1 aromatic carbocycles. The van der Waals surface area contributed by atoms with E-state index in [0.29, 0.717) is 24.8 Å². The van der Waals surface area contributed by atoms with Crippen molar-refractivity contribution in [3.05, 3.63) is 24.3 Å². The van der Waals surface area contributed by atoms with E-state index in [4.69, 9.17) is 4.37 Å². The molecule has 8 heteroatoms. The molecule has 2 aliphatic heterocycles. The summed E-state index contributed by atoms with van der Waals surface area (Å²) in [5, 5.41) is 11.6. The highest BCUT2D eigenvalue weighted by Crippen LogP contribution is 2.56. The van der Waals surface area contributed by atoms with E-state index in [1.54, 1.807) is 16.4 Å². The quantitative estimate of drug-likeness (QED) is 0.625. The van der Waals surface area contributed by atoms with Gasteiger partial charge in [0.05, 0.1) is 22.6 Å². The van der Waals surface area contributed by atoms with Crippen LogP contribution >= 0.6 is 11.5 Å². The second kappa shape index (κ2) is 9.07. The molecule has 0 spiro atoms. The van der Waals surface area contributed by atoms with E-state index in [-0.39, 0.29) is 35.5 Å². The van der Waals surface area contributed by atoms with Crippen molar-refractivity contribution in [1.82, 2.24) is 14.2 Å². The maximum atomic E-state index is 13.3. The molecule has 2 saturated heterocycles. The lowest BCUT2D eigenvalue weighted by molar-refractivity contribution is -0.142. The van der Waals surface area contributed by atoms with Gasteiger partial charge < -0.3 is 10.0 Å². The summed E-state index contributed by atoms with van der Waals surface area (Å²) in [7, 11) is 0. The van der Waals surface area contributed by atoms with E-state index in [9.17, 15) is 14.7 Å². The molecule has 7 rings (SSSR count). The molecule has 2 bridgehead atoms. The van der Waals surface area contributed by atoms with E-state index >= 15 is 0 Å². The van der Waals surface area contributed by atoms with Gasteiger partial charge in [-0.15, -0.1) is 0 Å². The van der Waals surface area contributed by atoms with Crippen LogP contribution in [-0.4, -0.2) is 76.5 Å². The fraction of sp³-hybridized carbons (Fsp3) is 0.679. The van der Waals surface area contributed by atoms with Crippen molar-refractivity contribution < 1.29 is 14.7 Å². The summed E-state index contributed by atoms with van der Waals surface area (Å²) in [6.45, 7) is 5.69. The Labute approximate surface area is 216 Å². The number of piperazine rings is 1. The molecule has 0 radical (unpaired) electrons. The number of anilines is 1. The monoisotopic (exact) mass is 508 g/mol. The Hall–Kier alpha value is -2.03. The van der Waals surface area contributed by atoms with Crippen LogP contribution in [0.25, 0.3) is 10.1 Å². The van der Waals surface area contributed by atoms with Crippen LogP contribution in [0, 0.1) is 35.5 Å². The Kier molecular flexibility index (Phi) is 5.82. The van der Waals surface area contributed by atoms with Crippen LogP contribution in [0.15, 0.2) is 24.3 Å². The zero-order valence-corrected chi connectivity index (χ0v) is 21.6. The predicted octanol–water partition coefficient (Wildman–Crippen LogP) is 3.23. The van der Waals surface area contributed by atoms with Gasteiger partial charge in [0, 0.05) is 44.7 Å². The van der Waals surface area contributed by atoms with Gasteiger partial charge in [-0.05, 0) is 73.0 Å². The first kappa shape index (κ1) is 23.1. The Bertz CT molecular complexity index is 1160. The molecule has 2 unspecified atom stereocenters. The van der Waals surface area contributed by atoms with Crippen molar-refractivity contribution in [3.8, 4) is 0 Å². The average molecular weight is 509 g/mol. The highest BCUT2D eigenvalue weighted by atomic mass is 32.1. The van der Waals surface area contributed by atoms with Gasteiger partial charge in [-0.1, -0.05) is 25.0 Å². The summed E-state index contributed by atoms with van der Waals surface area (Å²) in [6.07, 6.45) is 5.90. The number of hydrogen-bond acceptors (Lipinski definition) is 7. The molecule has 3 heterocycles. The standard InChI is InChI=1S/C28H36N4O3S/c33-22-14-19-13-21(22)25-24(19)27(34)32(28(25)35)16-18-6-2-1-5-17(18)15-30-9-11-31(12-10-30)26-20-7-3-4-8-23(20)36-29-26/h3-4,7-8,17-19,21-22,24-25,33H,1-2,5-6,9-16H2/t17?,18-,19+,21-,22?,24+,25-/m0/s1. The number of likely N-dealkylation sites (tertiary alicyclic amines) is 1. The van der Waals surface area contributed by atoms with Crippen molar-refractivity contribution in [2.75, 3.05) is 44.2 Å². The van der Waals surface area contributed by atoms with Crippen LogP contribution in [0.3, 0.4) is 0 Å². The minimum Gasteiger partial charge on any atom is -0.393 e. The first-order valence-corrected chi connectivity index (χ1v) is 14.7. The number of fused-ring (bicyclic) bond motifs is 6. The molecule has 2 aromatic rings. The first-order valence-electron chi connectivity index (χ1n) is 13.9. The molecule has 7 atom stereocenters. The molecular formula is C28H36N4O3S. The average Bonchev–Trinajstić information content (AvgIpc) is 3.64. The third kappa shape index (κ3) is 3.71. The second-order valence-electron chi connectivity index (χ2n) is 11.9. The smallest absolute Gasteiger partial charge is 0.233 e. The third-order valence-corrected chi connectivity index (χ3v) is 10.9. The fourth-order valence-corrected chi connectivity index (χ4v) is 9.04. The summed E-state index contributed by atoms with van der Waals surface area (Å²) in [4.78, 5) is 33.3. The van der Waals surface area contributed by atoms with Crippen molar-refractivity contribution in [2.45, 2.75) is 44.6 Å². The minimum absolute atomic E-state index is 0.00901. The normalized spacial score (nSPS) is 36.9. The van der Waals surface area contributed by atoms with Gasteiger partial charge in [-0.2, -0.15) is 4.37 Å². The van der Waals surface area contributed by atoms with Crippen LogP contribution in [0.5, 0.6) is 0 Å². The number of imide groups is 1.